The number of hydrogen-bond donors (Lipinski definition) is 2. The van der Waals surface area contributed by atoms with Crippen molar-refractivity contribution in [1.29, 1.82) is 0 Å². The van der Waals surface area contributed by atoms with Crippen molar-refractivity contribution in [2.75, 3.05) is 13.2 Å². The number of aliphatic hydroxyl groups is 1. The van der Waals surface area contributed by atoms with E-state index >= 15 is 0 Å². The van der Waals surface area contributed by atoms with E-state index in [2.05, 4.69) is 21.2 Å². The second kappa shape index (κ2) is 9.73. The lowest BCUT2D eigenvalue weighted by molar-refractivity contribution is 0.187. The second-order valence-corrected chi connectivity index (χ2v) is 8.02. The third-order valence-electron chi connectivity index (χ3n) is 3.92. The van der Waals surface area contributed by atoms with Crippen molar-refractivity contribution in [3.05, 3.63) is 56.8 Å². The molecule has 27 heavy (non-hydrogen) atoms. The normalized spacial score (nSPS) is 11.5. The SMILES string of the molecule is CCOc1cc(CNC(C)(C)CO)cc(Br)c1OCc1ccc(F)cc1Cl. The summed E-state index contributed by atoms with van der Waals surface area (Å²) in [6, 6.07) is 8.04. The predicted molar refractivity (Wildman–Crippen MR) is 109 cm³/mol. The van der Waals surface area contributed by atoms with Gasteiger partial charge in [-0.2, -0.15) is 0 Å². The fraction of sp³-hybridized carbons (Fsp3) is 0.400. The van der Waals surface area contributed by atoms with Crippen LogP contribution in [0.1, 0.15) is 31.9 Å². The molecule has 0 heterocycles. The zero-order valence-corrected chi connectivity index (χ0v) is 18.0. The van der Waals surface area contributed by atoms with E-state index in [1.165, 1.54) is 12.1 Å². The summed E-state index contributed by atoms with van der Waals surface area (Å²) < 4.78 is 25.6. The number of hydrogen-bond acceptors (Lipinski definition) is 4. The molecule has 0 amide bonds. The van der Waals surface area contributed by atoms with Crippen LogP contribution in [0.15, 0.2) is 34.8 Å². The first-order valence-corrected chi connectivity index (χ1v) is 9.80. The largest absolute Gasteiger partial charge is 0.490 e. The van der Waals surface area contributed by atoms with Gasteiger partial charge in [0.05, 0.1) is 22.7 Å². The van der Waals surface area contributed by atoms with E-state index in [0.29, 0.717) is 35.2 Å². The van der Waals surface area contributed by atoms with Gasteiger partial charge < -0.3 is 19.9 Å². The van der Waals surface area contributed by atoms with Gasteiger partial charge in [0.15, 0.2) is 11.5 Å². The van der Waals surface area contributed by atoms with Crippen LogP contribution in [-0.4, -0.2) is 23.9 Å². The minimum absolute atomic E-state index is 0.0338. The molecule has 2 aromatic rings. The molecule has 4 nitrogen and oxygen atoms in total. The molecular weight excluding hydrogens is 437 g/mol. The van der Waals surface area contributed by atoms with Crippen molar-refractivity contribution in [1.82, 2.24) is 5.32 Å². The fourth-order valence-corrected chi connectivity index (χ4v) is 3.14. The molecular formula is C20H24BrClFNO3. The Morgan fingerprint density at radius 3 is 2.59 bits per heavy atom. The molecule has 2 N–H and O–H groups in total. The van der Waals surface area contributed by atoms with E-state index in [9.17, 15) is 9.50 Å². The number of halogens is 3. The first-order chi connectivity index (χ1) is 12.8. The molecule has 0 saturated carbocycles. The van der Waals surface area contributed by atoms with Gasteiger partial charge >= 0.3 is 0 Å². The number of aliphatic hydroxyl groups excluding tert-OH is 1. The van der Waals surface area contributed by atoms with Crippen molar-refractivity contribution in [3.8, 4) is 11.5 Å². The van der Waals surface area contributed by atoms with Crippen molar-refractivity contribution >= 4 is 27.5 Å². The van der Waals surface area contributed by atoms with Gasteiger partial charge in [-0.05, 0) is 66.5 Å². The highest BCUT2D eigenvalue weighted by Gasteiger charge is 2.17. The molecule has 2 rings (SSSR count). The molecule has 148 valence electrons. The minimum Gasteiger partial charge on any atom is -0.490 e. The summed E-state index contributed by atoms with van der Waals surface area (Å²) in [5, 5.41) is 13.0. The maximum Gasteiger partial charge on any atom is 0.175 e. The highest BCUT2D eigenvalue weighted by molar-refractivity contribution is 9.10. The van der Waals surface area contributed by atoms with E-state index in [-0.39, 0.29) is 24.6 Å². The van der Waals surface area contributed by atoms with Crippen LogP contribution in [0.25, 0.3) is 0 Å². The van der Waals surface area contributed by atoms with E-state index in [4.69, 9.17) is 21.1 Å². The number of nitrogens with one attached hydrogen (secondary N) is 1. The highest BCUT2D eigenvalue weighted by atomic mass is 79.9. The average Bonchev–Trinajstić information content (AvgIpc) is 2.61. The molecule has 0 aliphatic rings. The van der Waals surface area contributed by atoms with Crippen LogP contribution in [-0.2, 0) is 13.2 Å². The minimum atomic E-state index is -0.386. The Kier molecular flexibility index (Phi) is 7.91. The zero-order chi connectivity index (χ0) is 20.0. The standard InChI is InChI=1S/C20H24BrClFNO3/c1-4-26-18-8-13(10-24-20(2,3)12-25)7-16(21)19(18)27-11-14-5-6-15(23)9-17(14)22/h5-9,24-25H,4,10-12H2,1-3H3. The van der Waals surface area contributed by atoms with Crippen molar-refractivity contribution < 1.29 is 19.0 Å². The molecule has 7 heteroatoms. The summed E-state index contributed by atoms with van der Waals surface area (Å²) in [7, 11) is 0. The van der Waals surface area contributed by atoms with Gasteiger partial charge in [-0.15, -0.1) is 0 Å². The molecule has 0 bridgehead atoms. The van der Waals surface area contributed by atoms with Gasteiger partial charge in [0.2, 0.25) is 0 Å². The molecule has 0 aliphatic carbocycles. The van der Waals surface area contributed by atoms with E-state index in [1.54, 1.807) is 6.07 Å². The topological polar surface area (TPSA) is 50.7 Å². The third-order valence-corrected chi connectivity index (χ3v) is 4.86. The summed E-state index contributed by atoms with van der Waals surface area (Å²) in [4.78, 5) is 0. The van der Waals surface area contributed by atoms with Gasteiger partial charge in [-0.3, -0.25) is 0 Å². The van der Waals surface area contributed by atoms with Crippen LogP contribution in [0.3, 0.4) is 0 Å². The maximum absolute atomic E-state index is 13.2. The van der Waals surface area contributed by atoms with Crippen LogP contribution in [0, 0.1) is 5.82 Å². The summed E-state index contributed by atoms with van der Waals surface area (Å²) >= 11 is 9.60. The summed E-state index contributed by atoms with van der Waals surface area (Å²) in [6.07, 6.45) is 0. The first-order valence-electron chi connectivity index (χ1n) is 8.63. The third kappa shape index (κ3) is 6.35. The van der Waals surface area contributed by atoms with E-state index in [0.717, 1.165) is 10.0 Å². The zero-order valence-electron chi connectivity index (χ0n) is 15.6. The molecule has 2 aromatic carbocycles. The summed E-state index contributed by atoms with van der Waals surface area (Å²) in [5.41, 5.74) is 1.29. The van der Waals surface area contributed by atoms with E-state index in [1.807, 2.05) is 32.9 Å². The van der Waals surface area contributed by atoms with Crippen LogP contribution in [0.5, 0.6) is 11.5 Å². The lowest BCUT2D eigenvalue weighted by Crippen LogP contribution is -2.42. The average molecular weight is 461 g/mol. The Bertz CT molecular complexity index is 786. The molecule has 0 radical (unpaired) electrons. The van der Waals surface area contributed by atoms with Crippen LogP contribution >= 0.6 is 27.5 Å². The smallest absolute Gasteiger partial charge is 0.175 e. The van der Waals surface area contributed by atoms with E-state index < -0.39 is 0 Å². The van der Waals surface area contributed by atoms with Gasteiger partial charge in [0.25, 0.3) is 0 Å². The van der Waals surface area contributed by atoms with Crippen molar-refractivity contribution in [3.63, 3.8) is 0 Å². The van der Waals surface area contributed by atoms with Crippen LogP contribution in [0.4, 0.5) is 4.39 Å². The molecule has 0 atom stereocenters. The van der Waals surface area contributed by atoms with Gasteiger partial charge in [-0.1, -0.05) is 17.7 Å². The quantitative estimate of drug-likeness (QED) is 0.548. The lowest BCUT2D eigenvalue weighted by Gasteiger charge is -2.24. The van der Waals surface area contributed by atoms with Gasteiger partial charge in [0, 0.05) is 17.6 Å². The first kappa shape index (κ1) is 22.0. The number of benzene rings is 2. The number of rotatable bonds is 9. The molecule has 0 spiro atoms. The summed E-state index contributed by atoms with van der Waals surface area (Å²) in [5.74, 6) is 0.772. The Balaban J connectivity index is 2.19. The Labute approximate surface area is 172 Å². The Morgan fingerprint density at radius 1 is 1.22 bits per heavy atom. The predicted octanol–water partition coefficient (Wildman–Crippen LogP) is 5.08. The van der Waals surface area contributed by atoms with Crippen LogP contribution in [0.2, 0.25) is 5.02 Å². The Hall–Kier alpha value is -1.34. The molecule has 0 unspecified atom stereocenters. The molecule has 0 aromatic heterocycles. The molecule has 0 aliphatic heterocycles. The highest BCUT2D eigenvalue weighted by Crippen LogP contribution is 2.38. The fourth-order valence-electron chi connectivity index (χ4n) is 2.31. The van der Waals surface area contributed by atoms with Gasteiger partial charge in [0.1, 0.15) is 12.4 Å². The number of ether oxygens (including phenoxy) is 2. The second-order valence-electron chi connectivity index (χ2n) is 6.76. The summed E-state index contributed by atoms with van der Waals surface area (Å²) in [6.45, 7) is 7.02. The van der Waals surface area contributed by atoms with Gasteiger partial charge in [-0.25, -0.2) is 4.39 Å². The van der Waals surface area contributed by atoms with Crippen molar-refractivity contribution in [2.45, 2.75) is 39.5 Å². The Morgan fingerprint density at radius 2 is 1.96 bits per heavy atom. The molecule has 0 fully saturated rings. The van der Waals surface area contributed by atoms with Crippen LogP contribution < -0.4 is 14.8 Å². The lowest BCUT2D eigenvalue weighted by atomic mass is 10.1. The van der Waals surface area contributed by atoms with Crippen molar-refractivity contribution in [2.24, 2.45) is 0 Å². The molecule has 0 saturated heterocycles. The maximum atomic E-state index is 13.2. The monoisotopic (exact) mass is 459 g/mol.